The summed E-state index contributed by atoms with van der Waals surface area (Å²) in [4.78, 5) is 16.6. The number of hydrogen-bond donors (Lipinski definition) is 1. The SMILES string of the molecule is COc1c(-c2c(C)ccc3[nH]ncc23)cccc1N1CCC2(CN(C(=O)OC(C)(C)C)C2)C1. The minimum atomic E-state index is -0.467. The van der Waals surface area contributed by atoms with Crippen molar-refractivity contribution in [1.82, 2.24) is 15.1 Å². The molecule has 1 N–H and O–H groups in total. The maximum absolute atomic E-state index is 12.4. The zero-order chi connectivity index (χ0) is 23.4. The highest BCUT2D eigenvalue weighted by Crippen LogP contribution is 2.47. The molecular formula is C26H32N4O3. The summed E-state index contributed by atoms with van der Waals surface area (Å²) in [5.74, 6) is 0.884. The number of anilines is 1. The number of fused-ring (bicyclic) bond motifs is 1. The number of hydrogen-bond acceptors (Lipinski definition) is 5. The summed E-state index contributed by atoms with van der Waals surface area (Å²) in [5.41, 5.74) is 5.17. The van der Waals surface area contributed by atoms with E-state index < -0.39 is 5.60 Å². The fourth-order valence-corrected chi connectivity index (χ4v) is 5.29. The summed E-state index contributed by atoms with van der Waals surface area (Å²) in [5, 5.41) is 8.41. The molecule has 3 heterocycles. The summed E-state index contributed by atoms with van der Waals surface area (Å²) in [6.07, 6.45) is 2.72. The van der Waals surface area contributed by atoms with Gasteiger partial charge >= 0.3 is 6.09 Å². The largest absolute Gasteiger partial charge is 0.494 e. The van der Waals surface area contributed by atoms with Crippen LogP contribution in [0.3, 0.4) is 0 Å². The predicted octanol–water partition coefficient (Wildman–Crippen LogP) is 4.99. The molecule has 5 rings (SSSR count). The number of para-hydroxylation sites is 1. The highest BCUT2D eigenvalue weighted by molar-refractivity contribution is 5.99. The number of amides is 1. The van der Waals surface area contributed by atoms with Crippen LogP contribution in [0, 0.1) is 12.3 Å². The van der Waals surface area contributed by atoms with Crippen LogP contribution in [-0.2, 0) is 4.74 Å². The summed E-state index contributed by atoms with van der Waals surface area (Å²) < 4.78 is 11.5. The average Bonchev–Trinajstić information content (AvgIpc) is 3.38. The van der Waals surface area contributed by atoms with E-state index in [-0.39, 0.29) is 11.5 Å². The molecule has 1 aromatic heterocycles. The van der Waals surface area contributed by atoms with Crippen LogP contribution < -0.4 is 9.64 Å². The fraction of sp³-hybridized carbons (Fsp3) is 0.462. The molecule has 2 aliphatic heterocycles. The molecule has 7 nitrogen and oxygen atoms in total. The quantitative estimate of drug-likeness (QED) is 0.611. The highest BCUT2D eigenvalue weighted by atomic mass is 16.6. The number of carbonyl (C=O) groups excluding carboxylic acids is 1. The number of H-pyrrole nitrogens is 1. The van der Waals surface area contributed by atoms with Crippen LogP contribution in [0.2, 0.25) is 0 Å². The lowest BCUT2D eigenvalue weighted by Crippen LogP contribution is -2.60. The van der Waals surface area contributed by atoms with Gasteiger partial charge in [-0.25, -0.2) is 4.79 Å². The number of benzene rings is 2. The van der Waals surface area contributed by atoms with Crippen molar-refractivity contribution >= 4 is 22.7 Å². The van der Waals surface area contributed by atoms with E-state index in [1.165, 1.54) is 5.56 Å². The van der Waals surface area contributed by atoms with E-state index in [1.54, 1.807) is 7.11 Å². The number of nitrogens with one attached hydrogen (secondary N) is 1. The van der Waals surface area contributed by atoms with Crippen molar-refractivity contribution in [3.05, 3.63) is 42.1 Å². The van der Waals surface area contributed by atoms with Crippen LogP contribution in [0.4, 0.5) is 10.5 Å². The van der Waals surface area contributed by atoms with Crippen LogP contribution >= 0.6 is 0 Å². The standard InChI is InChI=1S/C26H32N4O3/c1-17-9-10-20-19(13-27-28-20)22(17)18-7-6-8-21(23(18)32-5)29-12-11-26(14-29)15-30(16-26)24(31)33-25(2,3)4/h6-10,13H,11-12,14-16H2,1-5H3,(H,27,28). The molecule has 2 saturated heterocycles. The summed E-state index contributed by atoms with van der Waals surface area (Å²) in [6.45, 7) is 11.2. The summed E-state index contributed by atoms with van der Waals surface area (Å²) in [6, 6.07) is 10.5. The zero-order valence-corrected chi connectivity index (χ0v) is 20.1. The van der Waals surface area contributed by atoms with Gasteiger partial charge in [-0.2, -0.15) is 5.10 Å². The van der Waals surface area contributed by atoms with Gasteiger partial charge in [-0.05, 0) is 57.4 Å². The van der Waals surface area contributed by atoms with E-state index in [0.717, 1.165) is 66.1 Å². The normalized spacial score (nSPS) is 17.5. The maximum Gasteiger partial charge on any atom is 0.410 e. The Balaban J connectivity index is 1.40. The topological polar surface area (TPSA) is 70.7 Å². The van der Waals surface area contributed by atoms with Crippen LogP contribution in [0.15, 0.2) is 36.5 Å². The monoisotopic (exact) mass is 448 g/mol. The molecule has 0 radical (unpaired) electrons. The first kappa shape index (κ1) is 21.6. The molecule has 0 bridgehead atoms. The van der Waals surface area contributed by atoms with Crippen LogP contribution in [0.1, 0.15) is 32.8 Å². The van der Waals surface area contributed by atoms with E-state index in [1.807, 2.05) is 31.9 Å². The second kappa shape index (κ2) is 7.68. The number of carbonyl (C=O) groups is 1. The number of likely N-dealkylation sites (tertiary alicyclic amines) is 1. The second-order valence-corrected chi connectivity index (χ2v) is 10.5. The minimum Gasteiger partial charge on any atom is -0.494 e. The van der Waals surface area contributed by atoms with E-state index in [9.17, 15) is 4.79 Å². The van der Waals surface area contributed by atoms with Crippen molar-refractivity contribution in [1.29, 1.82) is 0 Å². The third-order valence-electron chi connectivity index (χ3n) is 6.78. The molecule has 2 aliphatic rings. The number of rotatable bonds is 3. The molecule has 1 amide bonds. The number of methoxy groups -OCH3 is 1. The minimum absolute atomic E-state index is 0.123. The molecule has 0 saturated carbocycles. The lowest BCUT2D eigenvalue weighted by molar-refractivity contribution is -0.0266. The number of aromatic amines is 1. The van der Waals surface area contributed by atoms with E-state index in [2.05, 4.69) is 52.4 Å². The first-order chi connectivity index (χ1) is 15.7. The Kier molecular flexibility index (Phi) is 5.03. The van der Waals surface area contributed by atoms with E-state index in [0.29, 0.717) is 0 Å². The molecule has 2 fully saturated rings. The molecule has 1 spiro atoms. The Bertz CT molecular complexity index is 1200. The van der Waals surface area contributed by atoms with Crippen molar-refractivity contribution in [2.24, 2.45) is 5.41 Å². The third kappa shape index (κ3) is 3.79. The van der Waals surface area contributed by atoms with Crippen molar-refractivity contribution in [2.75, 3.05) is 38.2 Å². The highest BCUT2D eigenvalue weighted by Gasteiger charge is 2.50. The Morgan fingerprint density at radius 2 is 1.94 bits per heavy atom. The van der Waals surface area contributed by atoms with Crippen molar-refractivity contribution in [2.45, 2.75) is 39.7 Å². The van der Waals surface area contributed by atoms with Crippen molar-refractivity contribution in [3.63, 3.8) is 0 Å². The molecule has 3 aromatic rings. The van der Waals surface area contributed by atoms with Gasteiger partial charge in [0.2, 0.25) is 0 Å². The molecule has 7 heteroatoms. The van der Waals surface area contributed by atoms with Gasteiger partial charge in [-0.1, -0.05) is 18.2 Å². The average molecular weight is 449 g/mol. The number of nitrogens with zero attached hydrogens (tertiary/aromatic N) is 3. The third-order valence-corrected chi connectivity index (χ3v) is 6.78. The van der Waals surface area contributed by atoms with Crippen LogP contribution in [-0.4, -0.2) is 60.1 Å². The first-order valence-electron chi connectivity index (χ1n) is 11.5. The summed E-state index contributed by atoms with van der Waals surface area (Å²) in [7, 11) is 1.74. The number of aryl methyl sites for hydroxylation is 1. The molecule has 174 valence electrons. The van der Waals surface area contributed by atoms with Gasteiger partial charge in [0.05, 0.1) is 24.5 Å². The summed E-state index contributed by atoms with van der Waals surface area (Å²) >= 11 is 0. The van der Waals surface area contributed by atoms with Gasteiger partial charge in [0, 0.05) is 42.5 Å². The molecule has 33 heavy (non-hydrogen) atoms. The Labute approximate surface area is 194 Å². The lowest BCUT2D eigenvalue weighted by Gasteiger charge is -2.47. The van der Waals surface area contributed by atoms with Crippen LogP contribution in [0.5, 0.6) is 5.75 Å². The van der Waals surface area contributed by atoms with Crippen LogP contribution in [0.25, 0.3) is 22.0 Å². The van der Waals surface area contributed by atoms with Gasteiger partial charge in [0.1, 0.15) is 11.4 Å². The van der Waals surface area contributed by atoms with E-state index >= 15 is 0 Å². The Morgan fingerprint density at radius 3 is 2.67 bits per heavy atom. The van der Waals surface area contributed by atoms with Gasteiger partial charge in [0.15, 0.2) is 0 Å². The molecule has 0 atom stereocenters. The molecule has 0 aliphatic carbocycles. The van der Waals surface area contributed by atoms with Gasteiger partial charge in [-0.3, -0.25) is 5.10 Å². The number of ether oxygens (including phenoxy) is 2. The maximum atomic E-state index is 12.4. The van der Waals surface area contributed by atoms with Crippen molar-refractivity contribution in [3.8, 4) is 16.9 Å². The Morgan fingerprint density at radius 1 is 1.15 bits per heavy atom. The molecule has 2 aromatic carbocycles. The zero-order valence-electron chi connectivity index (χ0n) is 20.1. The second-order valence-electron chi connectivity index (χ2n) is 10.5. The first-order valence-corrected chi connectivity index (χ1v) is 11.5. The predicted molar refractivity (Wildman–Crippen MR) is 130 cm³/mol. The fourth-order valence-electron chi connectivity index (χ4n) is 5.29. The number of aromatic nitrogens is 2. The smallest absolute Gasteiger partial charge is 0.410 e. The molecule has 0 unspecified atom stereocenters. The lowest BCUT2D eigenvalue weighted by atomic mass is 9.79. The van der Waals surface area contributed by atoms with E-state index in [4.69, 9.17) is 9.47 Å². The van der Waals surface area contributed by atoms with Gasteiger partial charge in [0.25, 0.3) is 0 Å². The molecular weight excluding hydrogens is 416 g/mol. The van der Waals surface area contributed by atoms with Gasteiger partial charge in [-0.15, -0.1) is 0 Å². The van der Waals surface area contributed by atoms with Crippen molar-refractivity contribution < 1.29 is 14.3 Å². The van der Waals surface area contributed by atoms with Gasteiger partial charge < -0.3 is 19.3 Å². The Hall–Kier alpha value is -3.22.